The van der Waals surface area contributed by atoms with Crippen molar-refractivity contribution in [2.24, 2.45) is 7.05 Å². The molecule has 0 radical (unpaired) electrons. The smallest absolute Gasteiger partial charge is 0.335 e. The number of anilines is 1. The number of aryl methyl sites for hydroxylation is 1. The first kappa shape index (κ1) is 15.3. The zero-order valence-electron chi connectivity index (χ0n) is 11.1. The lowest BCUT2D eigenvalue weighted by atomic mass is 10.2. The average molecular weight is 328 g/mol. The monoisotopic (exact) mass is 327 g/mol. The lowest BCUT2D eigenvalue weighted by molar-refractivity contribution is 0.0696. The zero-order chi connectivity index (χ0) is 15.7. The van der Waals surface area contributed by atoms with E-state index in [1.165, 1.54) is 18.3 Å². The molecule has 0 spiro atoms. The number of carboxylic acids is 1. The Morgan fingerprint density at radius 2 is 1.86 bits per heavy atom. The fourth-order valence-corrected chi connectivity index (χ4v) is 2.30. The molecule has 1 aromatic carbocycles. The number of carbonyl (C=O) groups is 2. The number of carbonyl (C=O) groups excluding carboxylic acids is 1. The van der Waals surface area contributed by atoms with E-state index in [1.54, 1.807) is 18.7 Å². The van der Waals surface area contributed by atoms with Crippen LogP contribution in [0.5, 0.6) is 0 Å². The molecule has 2 N–H and O–H groups in total. The number of hydrogen-bond acceptors (Lipinski definition) is 3. The maximum Gasteiger partial charge on any atom is 0.335 e. The van der Waals surface area contributed by atoms with Gasteiger partial charge in [-0.2, -0.15) is 5.10 Å². The van der Waals surface area contributed by atoms with Crippen LogP contribution in [0.15, 0.2) is 18.3 Å². The van der Waals surface area contributed by atoms with Gasteiger partial charge in [-0.3, -0.25) is 9.48 Å². The summed E-state index contributed by atoms with van der Waals surface area (Å²) in [5.41, 5.74) is 1.17. The Bertz CT molecular complexity index is 717. The van der Waals surface area contributed by atoms with Crippen molar-refractivity contribution >= 4 is 40.8 Å². The van der Waals surface area contributed by atoms with Crippen LogP contribution >= 0.6 is 23.2 Å². The molecule has 6 nitrogen and oxygen atoms in total. The minimum atomic E-state index is -1.15. The number of hydrogen-bond donors (Lipinski definition) is 2. The van der Waals surface area contributed by atoms with Gasteiger partial charge in [-0.25, -0.2) is 4.79 Å². The number of halogens is 2. The topological polar surface area (TPSA) is 84.2 Å². The summed E-state index contributed by atoms with van der Waals surface area (Å²) < 4.78 is 1.56. The van der Waals surface area contributed by atoms with Crippen molar-refractivity contribution in [3.63, 3.8) is 0 Å². The van der Waals surface area contributed by atoms with E-state index in [9.17, 15) is 9.59 Å². The molecule has 0 saturated carbocycles. The Kier molecular flexibility index (Phi) is 4.20. The summed E-state index contributed by atoms with van der Waals surface area (Å²) >= 11 is 11.9. The van der Waals surface area contributed by atoms with Crippen LogP contribution < -0.4 is 5.32 Å². The maximum absolute atomic E-state index is 12.2. The number of nitrogens with zero attached hydrogens (tertiary/aromatic N) is 2. The van der Waals surface area contributed by atoms with Crippen molar-refractivity contribution < 1.29 is 14.7 Å². The van der Waals surface area contributed by atoms with E-state index in [0.29, 0.717) is 11.3 Å². The van der Waals surface area contributed by atoms with E-state index < -0.39 is 11.9 Å². The lowest BCUT2D eigenvalue weighted by Crippen LogP contribution is -2.14. The SMILES string of the molecule is Cc1c(C(=O)Nc2c(Cl)cc(C(=O)O)cc2Cl)cnn1C. The van der Waals surface area contributed by atoms with Gasteiger partial charge >= 0.3 is 5.97 Å². The number of aromatic carboxylic acids is 1. The maximum atomic E-state index is 12.2. The molecule has 2 aromatic rings. The molecule has 0 aliphatic carbocycles. The van der Waals surface area contributed by atoms with Gasteiger partial charge in [0, 0.05) is 12.7 Å². The normalized spacial score (nSPS) is 10.5. The van der Waals surface area contributed by atoms with Crippen LogP contribution in [0, 0.1) is 6.92 Å². The van der Waals surface area contributed by atoms with Gasteiger partial charge in [-0.05, 0) is 19.1 Å². The highest BCUT2D eigenvalue weighted by Crippen LogP contribution is 2.32. The highest BCUT2D eigenvalue weighted by molar-refractivity contribution is 6.40. The molecule has 0 fully saturated rings. The molecule has 1 heterocycles. The number of aromatic nitrogens is 2. The molecule has 0 atom stereocenters. The van der Waals surface area contributed by atoms with Crippen LogP contribution in [0.1, 0.15) is 26.4 Å². The average Bonchev–Trinajstić information content (AvgIpc) is 2.74. The molecule has 8 heteroatoms. The van der Waals surface area contributed by atoms with E-state index in [-0.39, 0.29) is 21.3 Å². The molecule has 0 aliphatic heterocycles. The van der Waals surface area contributed by atoms with E-state index >= 15 is 0 Å². The standard InChI is InChI=1S/C13H11Cl2N3O3/c1-6-8(5-16-18(6)2)12(19)17-11-9(14)3-7(13(20)21)4-10(11)15/h3-5H,1-2H3,(H,17,19)(H,20,21). The van der Waals surface area contributed by atoms with Crippen molar-refractivity contribution in [3.8, 4) is 0 Å². The van der Waals surface area contributed by atoms with Gasteiger partial charge in [0.05, 0.1) is 33.1 Å². The molecule has 1 aromatic heterocycles. The first-order valence-electron chi connectivity index (χ1n) is 5.83. The summed E-state index contributed by atoms with van der Waals surface area (Å²) in [7, 11) is 1.72. The van der Waals surface area contributed by atoms with Gasteiger partial charge in [-0.15, -0.1) is 0 Å². The molecule has 0 bridgehead atoms. The molecule has 0 aliphatic rings. The number of carboxylic acid groups (broad SMARTS) is 1. The molecule has 21 heavy (non-hydrogen) atoms. The van der Waals surface area contributed by atoms with Crippen LogP contribution in [0.25, 0.3) is 0 Å². The number of amides is 1. The number of rotatable bonds is 3. The molecule has 110 valence electrons. The van der Waals surface area contributed by atoms with Crippen molar-refractivity contribution in [2.45, 2.75) is 6.92 Å². The fourth-order valence-electron chi connectivity index (χ4n) is 1.72. The second-order valence-electron chi connectivity index (χ2n) is 4.34. The summed E-state index contributed by atoms with van der Waals surface area (Å²) in [5, 5.41) is 15.5. The van der Waals surface area contributed by atoms with E-state index in [1.807, 2.05) is 0 Å². The van der Waals surface area contributed by atoms with Gasteiger partial charge in [0.15, 0.2) is 0 Å². The third-order valence-corrected chi connectivity index (χ3v) is 3.60. The van der Waals surface area contributed by atoms with Crippen molar-refractivity contribution in [2.75, 3.05) is 5.32 Å². The minimum absolute atomic E-state index is 0.0507. The Balaban J connectivity index is 2.34. The molecule has 0 saturated heterocycles. The molecule has 1 amide bonds. The predicted octanol–water partition coefficient (Wildman–Crippen LogP) is 2.99. The van der Waals surface area contributed by atoms with Crippen molar-refractivity contribution in [1.82, 2.24) is 9.78 Å². The van der Waals surface area contributed by atoms with Gasteiger partial charge in [-0.1, -0.05) is 23.2 Å². The highest BCUT2D eigenvalue weighted by Gasteiger charge is 2.18. The molecular weight excluding hydrogens is 317 g/mol. The third kappa shape index (κ3) is 3.01. The quantitative estimate of drug-likeness (QED) is 0.907. The zero-order valence-corrected chi connectivity index (χ0v) is 12.7. The summed E-state index contributed by atoms with van der Waals surface area (Å²) in [6.45, 7) is 1.75. The van der Waals surface area contributed by atoms with Crippen molar-refractivity contribution in [1.29, 1.82) is 0 Å². The first-order valence-corrected chi connectivity index (χ1v) is 6.59. The van der Waals surface area contributed by atoms with Crippen molar-refractivity contribution in [3.05, 3.63) is 45.2 Å². The summed E-state index contributed by atoms with van der Waals surface area (Å²) in [6, 6.07) is 2.45. The fraction of sp³-hybridized carbons (Fsp3) is 0.154. The number of nitrogens with one attached hydrogen (secondary N) is 1. The Morgan fingerprint density at radius 3 is 2.29 bits per heavy atom. The minimum Gasteiger partial charge on any atom is -0.478 e. The summed E-state index contributed by atoms with van der Waals surface area (Å²) in [6.07, 6.45) is 1.43. The van der Waals surface area contributed by atoms with E-state index in [4.69, 9.17) is 28.3 Å². The predicted molar refractivity (Wildman–Crippen MR) is 79.3 cm³/mol. The lowest BCUT2D eigenvalue weighted by Gasteiger charge is -2.10. The van der Waals surface area contributed by atoms with Gasteiger partial charge in [0.25, 0.3) is 5.91 Å². The Morgan fingerprint density at radius 1 is 1.29 bits per heavy atom. The second-order valence-corrected chi connectivity index (χ2v) is 5.16. The molecule has 2 rings (SSSR count). The van der Waals surface area contributed by atoms with Gasteiger partial charge in [0.1, 0.15) is 0 Å². The van der Waals surface area contributed by atoms with Crippen LogP contribution in [0.3, 0.4) is 0 Å². The first-order chi connectivity index (χ1) is 9.81. The van der Waals surface area contributed by atoms with E-state index in [2.05, 4.69) is 10.4 Å². The summed E-state index contributed by atoms with van der Waals surface area (Å²) in [5.74, 6) is -1.58. The largest absolute Gasteiger partial charge is 0.478 e. The third-order valence-electron chi connectivity index (χ3n) is 3.01. The summed E-state index contributed by atoms with van der Waals surface area (Å²) in [4.78, 5) is 23.1. The Hall–Kier alpha value is -2.05. The second kappa shape index (κ2) is 5.75. The van der Waals surface area contributed by atoms with Crippen LogP contribution in [0.2, 0.25) is 10.0 Å². The van der Waals surface area contributed by atoms with Crippen LogP contribution in [0.4, 0.5) is 5.69 Å². The van der Waals surface area contributed by atoms with E-state index in [0.717, 1.165) is 0 Å². The number of benzene rings is 1. The molecular formula is C13H11Cl2N3O3. The Labute approximate surface area is 130 Å². The molecule has 0 unspecified atom stereocenters. The van der Waals surface area contributed by atoms with Gasteiger partial charge in [0.2, 0.25) is 0 Å². The van der Waals surface area contributed by atoms with Crippen LogP contribution in [-0.4, -0.2) is 26.8 Å². The van der Waals surface area contributed by atoms with Gasteiger partial charge < -0.3 is 10.4 Å². The highest BCUT2D eigenvalue weighted by atomic mass is 35.5. The van der Waals surface area contributed by atoms with Crippen LogP contribution in [-0.2, 0) is 7.05 Å².